The summed E-state index contributed by atoms with van der Waals surface area (Å²) in [6, 6.07) is 3.70. The van der Waals surface area contributed by atoms with Gasteiger partial charge in [-0.05, 0) is 37.6 Å². The summed E-state index contributed by atoms with van der Waals surface area (Å²) in [5, 5.41) is 4.10. The second-order valence-corrected chi connectivity index (χ2v) is 4.87. The van der Waals surface area contributed by atoms with Gasteiger partial charge in [0.2, 0.25) is 0 Å². The van der Waals surface area contributed by atoms with E-state index in [0.717, 1.165) is 12.1 Å². The molecule has 4 nitrogen and oxygen atoms in total. The third kappa shape index (κ3) is 3.90. The van der Waals surface area contributed by atoms with Crippen LogP contribution in [0.2, 0.25) is 0 Å². The fourth-order valence-corrected chi connectivity index (χ4v) is 1.88. The van der Waals surface area contributed by atoms with Crippen LogP contribution in [0.4, 0.5) is 13.2 Å². The van der Waals surface area contributed by atoms with E-state index < -0.39 is 11.7 Å². The van der Waals surface area contributed by atoms with Crippen LogP contribution in [0.15, 0.2) is 24.5 Å². The van der Waals surface area contributed by atoms with Crippen molar-refractivity contribution in [1.82, 2.24) is 14.8 Å². The largest absolute Gasteiger partial charge is 0.416 e. The van der Waals surface area contributed by atoms with E-state index in [0.29, 0.717) is 24.1 Å². The van der Waals surface area contributed by atoms with Crippen molar-refractivity contribution in [1.29, 1.82) is 0 Å². The molecule has 0 saturated heterocycles. The van der Waals surface area contributed by atoms with Gasteiger partial charge in [-0.3, -0.25) is 9.48 Å². The fraction of sp³-hybridized carbons (Fsp3) is 0.357. The second kappa shape index (κ2) is 5.67. The maximum atomic E-state index is 12.8. The van der Waals surface area contributed by atoms with Crippen molar-refractivity contribution in [3.8, 4) is 11.4 Å². The lowest BCUT2D eigenvalue weighted by molar-refractivity contribution is -0.137. The highest BCUT2D eigenvalue weighted by Gasteiger charge is 2.31. The number of benzene rings is 1. The molecule has 2 aromatic rings. The summed E-state index contributed by atoms with van der Waals surface area (Å²) in [6.45, 7) is 3.42. The molecular formula is C14H14F3N3O. The molecule has 0 fully saturated rings. The molecule has 0 N–H and O–H groups in total. The summed E-state index contributed by atoms with van der Waals surface area (Å²) in [5.74, 6) is 0.231. The quantitative estimate of drug-likeness (QED) is 0.870. The van der Waals surface area contributed by atoms with Crippen LogP contribution < -0.4 is 0 Å². The van der Waals surface area contributed by atoms with Crippen LogP contribution in [0.25, 0.3) is 11.4 Å². The number of nitrogens with zero attached hydrogens (tertiary/aromatic N) is 3. The van der Waals surface area contributed by atoms with Gasteiger partial charge in [-0.15, -0.1) is 0 Å². The molecule has 0 unspecified atom stereocenters. The highest BCUT2D eigenvalue weighted by Crippen LogP contribution is 2.32. The first-order valence-corrected chi connectivity index (χ1v) is 6.34. The molecule has 0 aliphatic heterocycles. The van der Waals surface area contributed by atoms with Gasteiger partial charge in [0.1, 0.15) is 12.1 Å². The van der Waals surface area contributed by atoms with Crippen LogP contribution in [0.5, 0.6) is 0 Å². The number of hydrogen-bond acceptors (Lipinski definition) is 3. The van der Waals surface area contributed by atoms with Crippen LogP contribution in [0, 0.1) is 6.92 Å². The summed E-state index contributed by atoms with van der Waals surface area (Å²) >= 11 is 0. The molecule has 0 aliphatic carbocycles. The first-order chi connectivity index (χ1) is 9.75. The van der Waals surface area contributed by atoms with Crippen LogP contribution >= 0.6 is 0 Å². The minimum atomic E-state index is -4.40. The third-order valence-corrected chi connectivity index (χ3v) is 2.89. The Hall–Kier alpha value is -2.18. The van der Waals surface area contributed by atoms with Crippen LogP contribution in [0.1, 0.15) is 24.5 Å². The lowest BCUT2D eigenvalue weighted by atomic mass is 10.1. The number of alkyl halides is 3. The van der Waals surface area contributed by atoms with E-state index >= 15 is 0 Å². The maximum absolute atomic E-state index is 12.8. The number of carbonyl (C=O) groups excluding carboxylic acids is 1. The molecular weight excluding hydrogens is 283 g/mol. The molecule has 2 rings (SSSR count). The van der Waals surface area contributed by atoms with Crippen molar-refractivity contribution in [2.24, 2.45) is 0 Å². The van der Waals surface area contributed by atoms with Gasteiger partial charge in [-0.25, -0.2) is 4.98 Å². The number of hydrogen-bond donors (Lipinski definition) is 0. The monoisotopic (exact) mass is 297 g/mol. The van der Waals surface area contributed by atoms with Crippen LogP contribution in [-0.2, 0) is 17.5 Å². The zero-order valence-electron chi connectivity index (χ0n) is 11.6. The van der Waals surface area contributed by atoms with E-state index in [-0.39, 0.29) is 11.6 Å². The van der Waals surface area contributed by atoms with E-state index in [1.165, 1.54) is 17.9 Å². The number of halogens is 3. The standard InChI is InChI=1S/C14H14F3N3O/c1-9-5-11(7-12(6-9)14(15,16)17)13-18-8-20(19-13)4-3-10(2)21/h5-8H,3-4H2,1-2H3. The zero-order valence-corrected chi connectivity index (χ0v) is 11.6. The minimum Gasteiger partial charge on any atom is -0.300 e. The number of rotatable bonds is 4. The van der Waals surface area contributed by atoms with Crippen molar-refractivity contribution in [3.63, 3.8) is 0 Å². The first-order valence-electron chi connectivity index (χ1n) is 6.34. The summed E-state index contributed by atoms with van der Waals surface area (Å²) in [5.41, 5.74) is 0.0707. The topological polar surface area (TPSA) is 47.8 Å². The van der Waals surface area contributed by atoms with Gasteiger partial charge in [-0.2, -0.15) is 18.3 Å². The first kappa shape index (κ1) is 15.2. The molecule has 0 atom stereocenters. The fourth-order valence-electron chi connectivity index (χ4n) is 1.88. The van der Waals surface area contributed by atoms with Gasteiger partial charge >= 0.3 is 6.18 Å². The Morgan fingerprint density at radius 2 is 2.00 bits per heavy atom. The van der Waals surface area contributed by atoms with Gasteiger partial charge < -0.3 is 0 Å². The van der Waals surface area contributed by atoms with Crippen molar-refractivity contribution in [2.75, 3.05) is 0 Å². The van der Waals surface area contributed by atoms with Gasteiger partial charge in [0.25, 0.3) is 0 Å². The molecule has 1 aromatic carbocycles. The molecule has 0 spiro atoms. The van der Waals surface area contributed by atoms with Crippen molar-refractivity contribution >= 4 is 5.78 Å². The molecule has 112 valence electrons. The molecule has 21 heavy (non-hydrogen) atoms. The van der Waals surface area contributed by atoms with Gasteiger partial charge in [0.15, 0.2) is 5.82 Å². The van der Waals surface area contributed by atoms with Crippen LogP contribution in [-0.4, -0.2) is 20.5 Å². The molecule has 0 saturated carbocycles. The Kier molecular flexibility index (Phi) is 4.11. The van der Waals surface area contributed by atoms with E-state index in [2.05, 4.69) is 10.1 Å². The Bertz CT molecular complexity index is 662. The number of Topliss-reactive ketones (excluding diaryl/α,β-unsaturated/α-hetero) is 1. The number of aryl methyl sites for hydroxylation is 2. The van der Waals surface area contributed by atoms with E-state index in [9.17, 15) is 18.0 Å². The van der Waals surface area contributed by atoms with Crippen LogP contribution in [0.3, 0.4) is 0 Å². The third-order valence-electron chi connectivity index (χ3n) is 2.89. The smallest absolute Gasteiger partial charge is 0.300 e. The summed E-state index contributed by atoms with van der Waals surface area (Å²) < 4.78 is 39.8. The van der Waals surface area contributed by atoms with Crippen molar-refractivity contribution in [2.45, 2.75) is 33.0 Å². The molecule has 7 heteroatoms. The van der Waals surface area contributed by atoms with E-state index in [1.807, 2.05) is 0 Å². The predicted molar refractivity (Wildman–Crippen MR) is 70.5 cm³/mol. The normalized spacial score (nSPS) is 11.7. The Balaban J connectivity index is 2.30. The second-order valence-electron chi connectivity index (χ2n) is 4.87. The van der Waals surface area contributed by atoms with Crippen molar-refractivity contribution < 1.29 is 18.0 Å². The zero-order chi connectivity index (χ0) is 15.6. The molecule has 1 heterocycles. The molecule has 0 aliphatic rings. The highest BCUT2D eigenvalue weighted by atomic mass is 19.4. The predicted octanol–water partition coefficient (Wildman–Crippen LogP) is 3.25. The molecule has 0 amide bonds. The number of aromatic nitrogens is 3. The summed E-state index contributed by atoms with van der Waals surface area (Å²) in [4.78, 5) is 14.9. The SMILES string of the molecule is CC(=O)CCn1cnc(-c2cc(C)cc(C(F)(F)F)c2)n1. The lowest BCUT2D eigenvalue weighted by Crippen LogP contribution is -2.06. The number of ketones is 1. The average Bonchev–Trinajstić information content (AvgIpc) is 2.83. The maximum Gasteiger partial charge on any atom is 0.416 e. The Labute approximate surface area is 119 Å². The number of carbonyl (C=O) groups is 1. The summed E-state index contributed by atoms with van der Waals surface area (Å²) in [6.07, 6.45) is -2.68. The molecule has 1 aromatic heterocycles. The Morgan fingerprint density at radius 3 is 2.62 bits per heavy atom. The minimum absolute atomic E-state index is 0.0157. The average molecular weight is 297 g/mol. The molecule has 0 bridgehead atoms. The highest BCUT2D eigenvalue weighted by molar-refractivity contribution is 5.75. The lowest BCUT2D eigenvalue weighted by Gasteiger charge is -2.09. The van der Waals surface area contributed by atoms with Crippen molar-refractivity contribution in [3.05, 3.63) is 35.7 Å². The van der Waals surface area contributed by atoms with Gasteiger partial charge in [0, 0.05) is 18.5 Å². The molecule has 0 radical (unpaired) electrons. The van der Waals surface area contributed by atoms with E-state index in [1.54, 1.807) is 13.0 Å². The van der Waals surface area contributed by atoms with E-state index in [4.69, 9.17) is 0 Å². The Morgan fingerprint density at radius 1 is 1.29 bits per heavy atom. The summed E-state index contributed by atoms with van der Waals surface area (Å²) in [7, 11) is 0. The van der Waals surface area contributed by atoms with Gasteiger partial charge in [-0.1, -0.05) is 0 Å². The van der Waals surface area contributed by atoms with Gasteiger partial charge in [0.05, 0.1) is 5.56 Å².